The third-order valence-electron chi connectivity index (χ3n) is 3.77. The zero-order valence-corrected chi connectivity index (χ0v) is 15.5. The number of carbonyl (C=O) groups is 2. The van der Waals surface area contributed by atoms with E-state index in [0.717, 1.165) is 12.8 Å². The van der Waals surface area contributed by atoms with Gasteiger partial charge in [-0.1, -0.05) is 19.3 Å². The van der Waals surface area contributed by atoms with Crippen molar-refractivity contribution in [2.24, 2.45) is 4.99 Å². The number of nitrogens with one attached hydrogen (secondary N) is 4. The molecular weight excluding hydrogens is 306 g/mol. The van der Waals surface area contributed by atoms with Gasteiger partial charge in [-0.3, -0.25) is 14.6 Å². The van der Waals surface area contributed by atoms with Gasteiger partial charge in [0.2, 0.25) is 11.8 Å². The zero-order valence-electron chi connectivity index (χ0n) is 15.5. The van der Waals surface area contributed by atoms with Gasteiger partial charge in [0, 0.05) is 31.6 Å². The van der Waals surface area contributed by atoms with Crippen LogP contribution in [-0.4, -0.2) is 49.5 Å². The number of hydrogen-bond acceptors (Lipinski definition) is 3. The molecule has 0 heterocycles. The third-order valence-corrected chi connectivity index (χ3v) is 3.77. The van der Waals surface area contributed by atoms with Gasteiger partial charge in [-0.2, -0.15) is 0 Å². The van der Waals surface area contributed by atoms with E-state index in [-0.39, 0.29) is 23.9 Å². The number of aliphatic imine (C=N–C) groups is 1. The molecule has 0 aliphatic heterocycles. The Balaban J connectivity index is 2.19. The highest BCUT2D eigenvalue weighted by Gasteiger charge is 2.16. The monoisotopic (exact) mass is 339 g/mol. The molecule has 0 bridgehead atoms. The van der Waals surface area contributed by atoms with Crippen LogP contribution in [0.5, 0.6) is 0 Å². The van der Waals surface area contributed by atoms with E-state index in [2.05, 4.69) is 26.3 Å². The van der Waals surface area contributed by atoms with Crippen LogP contribution in [0.25, 0.3) is 0 Å². The van der Waals surface area contributed by atoms with E-state index >= 15 is 0 Å². The van der Waals surface area contributed by atoms with Crippen molar-refractivity contribution in [1.82, 2.24) is 21.3 Å². The van der Waals surface area contributed by atoms with Crippen molar-refractivity contribution in [1.29, 1.82) is 0 Å². The molecule has 1 rings (SSSR count). The first-order valence-electron chi connectivity index (χ1n) is 8.85. The molecule has 24 heavy (non-hydrogen) atoms. The quantitative estimate of drug-likeness (QED) is 0.427. The summed E-state index contributed by atoms with van der Waals surface area (Å²) in [6, 6.07) is 0.338. The summed E-state index contributed by atoms with van der Waals surface area (Å²) in [5.74, 6) is 0.486. The number of carbonyl (C=O) groups excluding carboxylic acids is 2. The second-order valence-electron chi connectivity index (χ2n) is 7.30. The van der Waals surface area contributed by atoms with Crippen molar-refractivity contribution >= 4 is 17.8 Å². The van der Waals surface area contributed by atoms with E-state index in [4.69, 9.17) is 0 Å². The van der Waals surface area contributed by atoms with E-state index in [1.165, 1.54) is 19.3 Å². The molecule has 0 saturated heterocycles. The topological polar surface area (TPSA) is 94.6 Å². The molecule has 4 N–H and O–H groups in total. The molecule has 0 unspecified atom stereocenters. The Morgan fingerprint density at radius 3 is 2.29 bits per heavy atom. The molecule has 138 valence electrons. The number of rotatable bonds is 6. The van der Waals surface area contributed by atoms with E-state index in [0.29, 0.717) is 25.0 Å². The first kappa shape index (κ1) is 20.3. The first-order chi connectivity index (χ1) is 11.3. The van der Waals surface area contributed by atoms with Crippen LogP contribution in [0, 0.1) is 0 Å². The van der Waals surface area contributed by atoms with E-state index in [9.17, 15) is 9.59 Å². The molecule has 0 spiro atoms. The molecule has 1 fully saturated rings. The van der Waals surface area contributed by atoms with Crippen LogP contribution in [0.1, 0.15) is 59.3 Å². The molecule has 1 saturated carbocycles. The SMILES string of the molecule is CN=C(NCCC(=O)NC1CCCCC1)NCC(=O)NC(C)(C)C. The highest BCUT2D eigenvalue weighted by atomic mass is 16.2. The van der Waals surface area contributed by atoms with E-state index < -0.39 is 0 Å². The minimum absolute atomic E-state index is 0.0651. The Bertz CT molecular complexity index is 437. The Labute approximate surface area is 145 Å². The molecule has 0 aromatic rings. The van der Waals surface area contributed by atoms with Crippen molar-refractivity contribution in [2.45, 2.75) is 70.9 Å². The molecule has 0 radical (unpaired) electrons. The maximum atomic E-state index is 11.9. The average Bonchev–Trinajstić information content (AvgIpc) is 2.50. The highest BCUT2D eigenvalue weighted by Crippen LogP contribution is 2.17. The number of amides is 2. The van der Waals surface area contributed by atoms with E-state index in [1.54, 1.807) is 7.05 Å². The Morgan fingerprint density at radius 1 is 1.04 bits per heavy atom. The molecule has 1 aliphatic carbocycles. The summed E-state index contributed by atoms with van der Waals surface area (Å²) in [6.45, 7) is 6.43. The van der Waals surface area contributed by atoms with Gasteiger partial charge in [0.15, 0.2) is 5.96 Å². The molecule has 0 atom stereocenters. The zero-order chi connectivity index (χ0) is 18.0. The molecule has 0 aromatic carbocycles. The maximum absolute atomic E-state index is 11.9. The predicted octanol–water partition coefficient (Wildman–Crippen LogP) is 0.905. The van der Waals surface area contributed by atoms with Gasteiger partial charge in [0.25, 0.3) is 0 Å². The average molecular weight is 339 g/mol. The van der Waals surface area contributed by atoms with Gasteiger partial charge in [-0.25, -0.2) is 0 Å². The standard InChI is InChI=1S/C17H33N5O2/c1-17(2,3)22-15(24)12-20-16(18-4)19-11-10-14(23)21-13-8-6-5-7-9-13/h13H,5-12H2,1-4H3,(H,21,23)(H,22,24)(H2,18,19,20). The van der Waals surface area contributed by atoms with Crippen molar-refractivity contribution in [2.75, 3.05) is 20.1 Å². The van der Waals surface area contributed by atoms with Gasteiger partial charge in [0.05, 0.1) is 6.54 Å². The van der Waals surface area contributed by atoms with Crippen LogP contribution in [0.3, 0.4) is 0 Å². The molecule has 7 heteroatoms. The first-order valence-corrected chi connectivity index (χ1v) is 8.85. The summed E-state index contributed by atoms with van der Waals surface area (Å²) < 4.78 is 0. The number of guanidine groups is 1. The summed E-state index contributed by atoms with van der Waals surface area (Å²) in [4.78, 5) is 27.7. The fraction of sp³-hybridized carbons (Fsp3) is 0.824. The van der Waals surface area contributed by atoms with Gasteiger partial charge in [0.1, 0.15) is 0 Å². The second kappa shape index (κ2) is 10.2. The van der Waals surface area contributed by atoms with Crippen molar-refractivity contribution in [3.8, 4) is 0 Å². The normalized spacial score (nSPS) is 16.4. The van der Waals surface area contributed by atoms with Crippen LogP contribution in [0.2, 0.25) is 0 Å². The van der Waals surface area contributed by atoms with Gasteiger partial charge in [-0.15, -0.1) is 0 Å². The molecule has 0 aromatic heterocycles. The fourth-order valence-electron chi connectivity index (χ4n) is 2.69. The molecule has 7 nitrogen and oxygen atoms in total. The van der Waals surface area contributed by atoms with Crippen LogP contribution >= 0.6 is 0 Å². The van der Waals surface area contributed by atoms with Gasteiger partial charge < -0.3 is 21.3 Å². The summed E-state index contributed by atoms with van der Waals surface area (Å²) in [5, 5.41) is 11.9. The maximum Gasteiger partial charge on any atom is 0.239 e. The van der Waals surface area contributed by atoms with Crippen LogP contribution < -0.4 is 21.3 Å². The minimum Gasteiger partial charge on any atom is -0.356 e. The van der Waals surface area contributed by atoms with Crippen LogP contribution in [-0.2, 0) is 9.59 Å². The minimum atomic E-state index is -0.257. The lowest BCUT2D eigenvalue weighted by atomic mass is 9.95. The summed E-state index contributed by atoms with van der Waals surface area (Å²) in [7, 11) is 1.64. The number of hydrogen-bond donors (Lipinski definition) is 4. The second-order valence-corrected chi connectivity index (χ2v) is 7.30. The van der Waals surface area contributed by atoms with Crippen LogP contribution in [0.4, 0.5) is 0 Å². The lowest BCUT2D eigenvalue weighted by Gasteiger charge is -2.23. The molecule has 1 aliphatic rings. The third kappa shape index (κ3) is 9.37. The lowest BCUT2D eigenvalue weighted by molar-refractivity contribution is -0.122. The van der Waals surface area contributed by atoms with Crippen LogP contribution in [0.15, 0.2) is 4.99 Å². The Hall–Kier alpha value is -1.79. The molecule has 2 amide bonds. The molecular formula is C17H33N5O2. The Kier molecular flexibility index (Phi) is 8.57. The predicted molar refractivity (Wildman–Crippen MR) is 96.9 cm³/mol. The van der Waals surface area contributed by atoms with Crippen molar-refractivity contribution < 1.29 is 9.59 Å². The van der Waals surface area contributed by atoms with Crippen molar-refractivity contribution in [3.05, 3.63) is 0 Å². The van der Waals surface area contributed by atoms with Gasteiger partial charge >= 0.3 is 0 Å². The summed E-state index contributed by atoms with van der Waals surface area (Å²) >= 11 is 0. The Morgan fingerprint density at radius 2 is 1.71 bits per heavy atom. The smallest absolute Gasteiger partial charge is 0.239 e. The largest absolute Gasteiger partial charge is 0.356 e. The summed E-state index contributed by atoms with van der Waals surface area (Å²) in [5.41, 5.74) is -0.257. The van der Waals surface area contributed by atoms with Gasteiger partial charge in [-0.05, 0) is 33.6 Å². The van der Waals surface area contributed by atoms with E-state index in [1.807, 2.05) is 20.8 Å². The fourth-order valence-corrected chi connectivity index (χ4v) is 2.69. The lowest BCUT2D eigenvalue weighted by Crippen LogP contribution is -2.48. The van der Waals surface area contributed by atoms with Crippen molar-refractivity contribution in [3.63, 3.8) is 0 Å². The number of nitrogens with zero attached hydrogens (tertiary/aromatic N) is 1. The summed E-state index contributed by atoms with van der Waals surface area (Å²) in [6.07, 6.45) is 6.26. The highest BCUT2D eigenvalue weighted by molar-refractivity contribution is 5.87.